The van der Waals surface area contributed by atoms with Crippen LogP contribution in [0.2, 0.25) is 0 Å². The largest absolute Gasteiger partial charge is 0.507 e. The number of aliphatic hydroxyl groups excluding tert-OH is 3. The molecule has 2 aliphatic carbocycles. The lowest BCUT2D eigenvalue weighted by Crippen LogP contribution is -2.53. The Balaban J connectivity index is 1.29. The quantitative estimate of drug-likeness (QED) is 0.0394. The van der Waals surface area contributed by atoms with Crippen LogP contribution in [0.15, 0.2) is 35.5 Å². The number of nitrogens with two attached hydrogens (primary N) is 1. The Bertz CT molecular complexity index is 1930. The number of hydrazone groups is 1. The zero-order valence-electron chi connectivity index (χ0n) is 29.4. The summed E-state index contributed by atoms with van der Waals surface area (Å²) in [7, 11) is 0. The van der Waals surface area contributed by atoms with Gasteiger partial charge in [-0.3, -0.25) is 28.9 Å². The minimum absolute atomic E-state index is 0.0188. The van der Waals surface area contributed by atoms with Gasteiger partial charge in [-0.2, -0.15) is 5.10 Å². The van der Waals surface area contributed by atoms with Crippen LogP contribution in [0.4, 0.5) is 0 Å². The maximum Gasteiger partial charge on any atom is 0.253 e. The number of rotatable bonds is 12. The van der Waals surface area contributed by atoms with E-state index in [1.54, 1.807) is 6.92 Å². The van der Waals surface area contributed by atoms with Gasteiger partial charge >= 0.3 is 0 Å². The van der Waals surface area contributed by atoms with E-state index in [4.69, 9.17) is 15.2 Å². The van der Waals surface area contributed by atoms with Crippen LogP contribution in [0, 0.1) is 0 Å². The third kappa shape index (κ3) is 7.06. The molecule has 6 rings (SSSR count). The average Bonchev–Trinajstić information content (AvgIpc) is 3.46. The minimum Gasteiger partial charge on any atom is -0.507 e. The number of hydrogen-bond donors (Lipinski definition) is 8. The summed E-state index contributed by atoms with van der Waals surface area (Å²) in [5.74, 6) is -4.45. The first-order chi connectivity index (χ1) is 25.7. The molecule has 288 valence electrons. The second kappa shape index (κ2) is 15.5. The Kier molecular flexibility index (Phi) is 11.1. The number of carbonyl (C=O) groups excluding carboxylic acids is 5. The number of unbranched alkanes of at least 4 members (excludes halogenated alkanes) is 2. The molecule has 6 atom stereocenters. The molecule has 1 fully saturated rings. The summed E-state index contributed by atoms with van der Waals surface area (Å²) < 4.78 is 12.0. The van der Waals surface area contributed by atoms with Crippen LogP contribution in [0.5, 0.6) is 11.5 Å². The molecule has 0 radical (unpaired) electrons. The highest BCUT2D eigenvalue weighted by molar-refractivity contribution is 6.31. The number of phenols is 2. The van der Waals surface area contributed by atoms with Gasteiger partial charge in [0.1, 0.15) is 17.1 Å². The third-order valence-electron chi connectivity index (χ3n) is 10.4. The van der Waals surface area contributed by atoms with Crippen LogP contribution >= 0.6 is 0 Å². The van der Waals surface area contributed by atoms with Crippen molar-refractivity contribution in [1.82, 2.24) is 10.3 Å². The molecule has 0 aromatic heterocycles. The fraction of sp³-hybridized carbons (Fsp3) is 0.459. The number of phenolic OH excluding ortho intramolecular Hbond substituents is 2. The van der Waals surface area contributed by atoms with E-state index in [0.29, 0.717) is 19.3 Å². The smallest absolute Gasteiger partial charge is 0.253 e. The van der Waals surface area contributed by atoms with Crippen molar-refractivity contribution in [3.05, 3.63) is 69.3 Å². The number of aliphatic hydroxyl groups is 4. The van der Waals surface area contributed by atoms with Crippen molar-refractivity contribution in [2.24, 2.45) is 10.8 Å². The maximum atomic E-state index is 13.9. The fourth-order valence-electron chi connectivity index (χ4n) is 7.53. The predicted octanol–water partition coefficient (Wildman–Crippen LogP) is -0.126. The Morgan fingerprint density at radius 3 is 2.41 bits per heavy atom. The van der Waals surface area contributed by atoms with Gasteiger partial charge in [0.25, 0.3) is 11.8 Å². The lowest BCUT2D eigenvalue weighted by molar-refractivity contribution is -0.245. The lowest BCUT2D eigenvalue weighted by atomic mass is 9.71. The van der Waals surface area contributed by atoms with Gasteiger partial charge in [-0.25, -0.2) is 5.43 Å². The molecular formula is C37H42N4O13. The molecule has 17 heteroatoms. The van der Waals surface area contributed by atoms with E-state index in [-0.39, 0.29) is 52.9 Å². The molecule has 2 heterocycles. The molecular weight excluding hydrogens is 708 g/mol. The molecule has 3 amide bonds. The fourth-order valence-corrected chi connectivity index (χ4v) is 7.53. The summed E-state index contributed by atoms with van der Waals surface area (Å²) in [6, 6.07) is 3.47. The van der Waals surface area contributed by atoms with E-state index in [1.807, 2.05) is 0 Å². The van der Waals surface area contributed by atoms with Crippen LogP contribution < -0.4 is 11.2 Å². The Hall–Kier alpha value is -4.88. The molecule has 2 aliphatic heterocycles. The zero-order valence-corrected chi connectivity index (χ0v) is 29.4. The van der Waals surface area contributed by atoms with E-state index >= 15 is 0 Å². The molecule has 0 bridgehead atoms. The average molecular weight is 751 g/mol. The molecule has 2 aromatic carbocycles. The summed E-state index contributed by atoms with van der Waals surface area (Å²) in [5, 5.41) is 70.3. The van der Waals surface area contributed by atoms with Gasteiger partial charge in [0.05, 0.1) is 48.4 Å². The second-order valence-electron chi connectivity index (χ2n) is 13.9. The minimum atomic E-state index is -2.17. The third-order valence-corrected chi connectivity index (χ3v) is 10.4. The van der Waals surface area contributed by atoms with Crippen molar-refractivity contribution in [2.45, 2.75) is 94.7 Å². The van der Waals surface area contributed by atoms with Crippen molar-refractivity contribution in [2.75, 3.05) is 13.2 Å². The first-order valence-electron chi connectivity index (χ1n) is 17.6. The Morgan fingerprint density at radius 1 is 1.04 bits per heavy atom. The van der Waals surface area contributed by atoms with Gasteiger partial charge in [0.2, 0.25) is 5.91 Å². The van der Waals surface area contributed by atoms with Crippen molar-refractivity contribution in [3.8, 4) is 11.5 Å². The SMILES string of the molecule is CC1O[C@@H](OC2C[C@](O)(/C(CO)=N/NC(=O)CCCCCN3C(=O)C=CC3=O)Cc3c(O)c4c(c(O)c32)C(=O)c2c(CO)cccc2C4=O)CC(N)[C@H]1O. The first kappa shape index (κ1) is 38.8. The van der Waals surface area contributed by atoms with Gasteiger partial charge in [-0.15, -0.1) is 0 Å². The van der Waals surface area contributed by atoms with E-state index in [0.717, 1.165) is 4.90 Å². The molecule has 54 heavy (non-hydrogen) atoms. The van der Waals surface area contributed by atoms with Gasteiger partial charge in [0.15, 0.2) is 17.9 Å². The van der Waals surface area contributed by atoms with Gasteiger partial charge < -0.3 is 45.8 Å². The van der Waals surface area contributed by atoms with E-state index in [9.17, 15) is 54.6 Å². The number of amides is 3. The Labute approximate surface area is 308 Å². The number of imide groups is 1. The van der Waals surface area contributed by atoms with E-state index in [1.165, 1.54) is 30.4 Å². The summed E-state index contributed by atoms with van der Waals surface area (Å²) >= 11 is 0. The Morgan fingerprint density at radius 2 is 1.74 bits per heavy atom. The van der Waals surface area contributed by atoms with E-state index in [2.05, 4.69) is 10.5 Å². The predicted molar refractivity (Wildman–Crippen MR) is 186 cm³/mol. The van der Waals surface area contributed by atoms with Crippen molar-refractivity contribution < 1.29 is 64.1 Å². The van der Waals surface area contributed by atoms with Crippen molar-refractivity contribution >= 4 is 35.0 Å². The first-order valence-corrected chi connectivity index (χ1v) is 17.6. The van der Waals surface area contributed by atoms with Crippen LogP contribution in [0.1, 0.15) is 100 Å². The molecule has 4 aliphatic rings. The number of nitrogens with one attached hydrogen (secondary N) is 1. The van der Waals surface area contributed by atoms with E-state index < -0.39 is 114 Å². The highest BCUT2D eigenvalue weighted by Gasteiger charge is 2.49. The number of hydrogen-bond acceptors (Lipinski definition) is 15. The lowest BCUT2D eigenvalue weighted by Gasteiger charge is -2.43. The summed E-state index contributed by atoms with van der Waals surface area (Å²) in [5.41, 5.74) is 4.39. The molecule has 2 aromatic rings. The second-order valence-corrected chi connectivity index (χ2v) is 13.9. The molecule has 17 nitrogen and oxygen atoms in total. The highest BCUT2D eigenvalue weighted by Crippen LogP contribution is 2.52. The van der Waals surface area contributed by atoms with Crippen molar-refractivity contribution in [1.29, 1.82) is 0 Å². The van der Waals surface area contributed by atoms with Crippen molar-refractivity contribution in [3.63, 3.8) is 0 Å². The molecule has 3 unspecified atom stereocenters. The molecule has 0 saturated carbocycles. The molecule has 1 saturated heterocycles. The number of carbonyl (C=O) groups is 5. The maximum absolute atomic E-state index is 13.9. The summed E-state index contributed by atoms with van der Waals surface area (Å²) in [6.45, 7) is 0.302. The number of fused-ring (bicyclic) bond motifs is 3. The normalized spacial score (nSPS) is 26.5. The van der Waals surface area contributed by atoms with Gasteiger partial charge in [-0.1, -0.05) is 24.6 Å². The monoisotopic (exact) mass is 750 g/mol. The zero-order chi connectivity index (χ0) is 39.1. The summed E-state index contributed by atoms with van der Waals surface area (Å²) in [6.07, 6.45) is -1.68. The van der Waals surface area contributed by atoms with Crippen LogP contribution in [0.25, 0.3) is 0 Å². The molecule has 9 N–H and O–H groups in total. The number of benzene rings is 2. The number of aromatic hydroxyl groups is 2. The highest BCUT2D eigenvalue weighted by atomic mass is 16.7. The standard InChI is InChI=1S/C37H42N4O13/c1-17-32(47)21(38)12-27(53-17)54-22-14-37(52,23(16-43)39-40-24(44)8-3-2-4-11-41-25(45)9-10-26(41)46)13-20-29(22)36(51)31-30(34(20)49)33(48)19-7-5-6-18(15-42)28(19)35(31)50/h5-7,9-10,17,21-22,27,32,42-43,47,49,51-52H,2-4,8,11-16,38H2,1H3,(H,40,44)/b39-23+/t17?,21?,22?,27-,32-,37-/m0/s1. The van der Waals surface area contributed by atoms with Gasteiger partial charge in [-0.05, 0) is 25.3 Å². The number of nitrogens with zero attached hydrogens (tertiary/aromatic N) is 2. The van der Waals surface area contributed by atoms with Crippen LogP contribution in [0.3, 0.4) is 0 Å². The molecule has 0 spiro atoms. The topological polar surface area (TPSA) is 279 Å². The summed E-state index contributed by atoms with van der Waals surface area (Å²) in [4.78, 5) is 65.0. The number of ether oxygens (including phenoxy) is 2. The number of ketones is 2. The van der Waals surface area contributed by atoms with Crippen LogP contribution in [-0.2, 0) is 36.9 Å². The van der Waals surface area contributed by atoms with Gasteiger partial charge in [0, 0.05) is 72.7 Å². The van der Waals surface area contributed by atoms with Crippen LogP contribution in [-0.4, -0.2) is 114 Å².